The van der Waals surface area contributed by atoms with Gasteiger partial charge in [-0.15, -0.1) is 0 Å². The average molecular weight is 156 g/mol. The van der Waals surface area contributed by atoms with Gasteiger partial charge in [0.1, 0.15) is 0 Å². The highest BCUT2D eigenvalue weighted by Gasteiger charge is 2.30. The molecule has 1 saturated heterocycles. The highest BCUT2D eigenvalue weighted by molar-refractivity contribution is 5.49. The monoisotopic (exact) mass is 156 g/mol. The number of nitrogens with one attached hydrogen (secondary N) is 1. The van der Waals surface area contributed by atoms with Crippen molar-refractivity contribution >= 4 is 6.41 Å². The van der Waals surface area contributed by atoms with Crippen molar-refractivity contribution < 1.29 is 4.79 Å². The van der Waals surface area contributed by atoms with Gasteiger partial charge in [0, 0.05) is 24.7 Å². The van der Waals surface area contributed by atoms with Gasteiger partial charge < -0.3 is 10.2 Å². The predicted octanol–water partition coefficient (Wildman–Crippen LogP) is 0.215. The van der Waals surface area contributed by atoms with Crippen LogP contribution >= 0.6 is 0 Å². The Balaban J connectivity index is 2.63. The zero-order chi connectivity index (χ0) is 8.48. The lowest BCUT2D eigenvalue weighted by atomic mass is 9.99. The summed E-state index contributed by atoms with van der Waals surface area (Å²) in [7, 11) is 0. The van der Waals surface area contributed by atoms with Crippen LogP contribution in [-0.4, -0.2) is 36.0 Å². The van der Waals surface area contributed by atoms with Gasteiger partial charge in [-0.05, 0) is 20.8 Å². The van der Waals surface area contributed by atoms with Gasteiger partial charge in [0.2, 0.25) is 6.41 Å². The molecule has 3 heteroatoms. The fourth-order valence-electron chi connectivity index (χ4n) is 1.32. The Bertz CT molecular complexity index is 156. The van der Waals surface area contributed by atoms with Gasteiger partial charge in [0.15, 0.2) is 0 Å². The SMILES string of the molecule is CC1CN(C=O)C(C)(C)CN1. The molecule has 1 atom stereocenters. The fraction of sp³-hybridized carbons (Fsp3) is 0.875. The predicted molar refractivity (Wildman–Crippen MR) is 44.3 cm³/mol. The van der Waals surface area contributed by atoms with E-state index in [0.717, 1.165) is 19.5 Å². The lowest BCUT2D eigenvalue weighted by Gasteiger charge is -2.43. The van der Waals surface area contributed by atoms with Crippen LogP contribution in [0.4, 0.5) is 0 Å². The van der Waals surface area contributed by atoms with Crippen molar-refractivity contribution in [1.82, 2.24) is 10.2 Å². The van der Waals surface area contributed by atoms with Gasteiger partial charge in [0.25, 0.3) is 0 Å². The van der Waals surface area contributed by atoms with Crippen molar-refractivity contribution in [2.75, 3.05) is 13.1 Å². The van der Waals surface area contributed by atoms with Crippen molar-refractivity contribution in [3.63, 3.8) is 0 Å². The van der Waals surface area contributed by atoms with Gasteiger partial charge >= 0.3 is 0 Å². The average Bonchev–Trinajstić information content (AvgIpc) is 1.94. The zero-order valence-electron chi connectivity index (χ0n) is 7.42. The summed E-state index contributed by atoms with van der Waals surface area (Å²) in [6, 6.07) is 0.424. The maximum Gasteiger partial charge on any atom is 0.210 e. The van der Waals surface area contributed by atoms with E-state index in [4.69, 9.17) is 0 Å². The molecular formula is C8H16N2O. The number of amides is 1. The van der Waals surface area contributed by atoms with E-state index < -0.39 is 0 Å². The van der Waals surface area contributed by atoms with Gasteiger partial charge in [-0.1, -0.05) is 0 Å². The summed E-state index contributed by atoms with van der Waals surface area (Å²) >= 11 is 0. The molecule has 0 aliphatic carbocycles. The molecule has 1 N–H and O–H groups in total. The van der Waals surface area contributed by atoms with E-state index >= 15 is 0 Å². The smallest absolute Gasteiger partial charge is 0.210 e. The summed E-state index contributed by atoms with van der Waals surface area (Å²) in [4.78, 5) is 12.5. The Morgan fingerprint density at radius 1 is 1.64 bits per heavy atom. The first kappa shape index (κ1) is 8.53. The van der Waals surface area contributed by atoms with E-state index in [2.05, 4.69) is 26.1 Å². The molecule has 1 heterocycles. The highest BCUT2D eigenvalue weighted by atomic mass is 16.1. The summed E-state index contributed by atoms with van der Waals surface area (Å²) < 4.78 is 0. The second-order valence-electron chi connectivity index (χ2n) is 3.85. The molecule has 1 fully saturated rings. The largest absolute Gasteiger partial charge is 0.337 e. The van der Waals surface area contributed by atoms with Crippen molar-refractivity contribution in [2.45, 2.75) is 32.4 Å². The molecule has 0 radical (unpaired) electrons. The first-order valence-electron chi connectivity index (χ1n) is 4.02. The Morgan fingerprint density at radius 3 is 2.73 bits per heavy atom. The van der Waals surface area contributed by atoms with Gasteiger partial charge in [-0.3, -0.25) is 4.79 Å². The molecule has 1 amide bonds. The van der Waals surface area contributed by atoms with Crippen LogP contribution in [0.2, 0.25) is 0 Å². The molecule has 0 bridgehead atoms. The third-order valence-corrected chi connectivity index (χ3v) is 2.26. The number of nitrogens with zero attached hydrogens (tertiary/aromatic N) is 1. The third-order valence-electron chi connectivity index (χ3n) is 2.26. The molecule has 0 spiro atoms. The van der Waals surface area contributed by atoms with Crippen molar-refractivity contribution in [3.05, 3.63) is 0 Å². The van der Waals surface area contributed by atoms with Gasteiger partial charge in [-0.25, -0.2) is 0 Å². The van der Waals surface area contributed by atoms with Gasteiger partial charge in [0.05, 0.1) is 0 Å². The summed E-state index contributed by atoms with van der Waals surface area (Å²) in [6.45, 7) is 7.93. The molecule has 1 aliphatic heterocycles. The molecule has 64 valence electrons. The van der Waals surface area contributed by atoms with Crippen molar-refractivity contribution in [2.24, 2.45) is 0 Å². The first-order valence-corrected chi connectivity index (χ1v) is 4.02. The number of rotatable bonds is 1. The zero-order valence-corrected chi connectivity index (χ0v) is 7.42. The van der Waals surface area contributed by atoms with Crippen LogP contribution in [0.1, 0.15) is 20.8 Å². The third kappa shape index (κ3) is 1.71. The fourth-order valence-corrected chi connectivity index (χ4v) is 1.32. The maximum atomic E-state index is 10.6. The second kappa shape index (κ2) is 2.81. The van der Waals surface area contributed by atoms with E-state index in [-0.39, 0.29) is 5.54 Å². The van der Waals surface area contributed by atoms with Crippen LogP contribution in [0, 0.1) is 0 Å². The summed E-state index contributed by atoms with van der Waals surface area (Å²) in [5.41, 5.74) is -0.0196. The topological polar surface area (TPSA) is 32.3 Å². The number of hydrogen-bond acceptors (Lipinski definition) is 2. The number of carbonyl (C=O) groups excluding carboxylic acids is 1. The van der Waals surface area contributed by atoms with Crippen LogP contribution < -0.4 is 5.32 Å². The number of carbonyl (C=O) groups is 1. The Kier molecular flexibility index (Phi) is 2.18. The first-order chi connectivity index (χ1) is 5.06. The maximum absolute atomic E-state index is 10.6. The van der Waals surface area contributed by atoms with Gasteiger partial charge in [-0.2, -0.15) is 0 Å². The highest BCUT2D eigenvalue weighted by Crippen LogP contribution is 2.15. The lowest BCUT2D eigenvalue weighted by Crippen LogP contribution is -2.60. The molecule has 0 saturated carbocycles. The molecule has 0 aromatic carbocycles. The second-order valence-corrected chi connectivity index (χ2v) is 3.85. The molecule has 1 aliphatic rings. The minimum atomic E-state index is -0.0196. The van der Waals surface area contributed by atoms with Crippen LogP contribution in [0.25, 0.3) is 0 Å². The molecule has 1 rings (SSSR count). The summed E-state index contributed by atoms with van der Waals surface area (Å²) in [5.74, 6) is 0. The minimum absolute atomic E-state index is 0.0196. The van der Waals surface area contributed by atoms with Crippen LogP contribution in [-0.2, 0) is 4.79 Å². The lowest BCUT2D eigenvalue weighted by molar-refractivity contribution is -0.124. The molecule has 3 nitrogen and oxygen atoms in total. The van der Waals surface area contributed by atoms with Crippen LogP contribution in [0.15, 0.2) is 0 Å². The standard InChI is InChI=1S/C8H16N2O/c1-7-4-10(6-11)8(2,3)5-9-7/h6-7,9H,4-5H2,1-3H3. The molecule has 11 heavy (non-hydrogen) atoms. The molecular weight excluding hydrogens is 140 g/mol. The van der Waals surface area contributed by atoms with E-state index in [1.165, 1.54) is 0 Å². The van der Waals surface area contributed by atoms with E-state index in [1.54, 1.807) is 0 Å². The molecule has 0 aromatic rings. The van der Waals surface area contributed by atoms with Crippen molar-refractivity contribution in [1.29, 1.82) is 0 Å². The number of piperazine rings is 1. The van der Waals surface area contributed by atoms with Crippen LogP contribution in [0.3, 0.4) is 0 Å². The van der Waals surface area contributed by atoms with Crippen LogP contribution in [0.5, 0.6) is 0 Å². The normalized spacial score (nSPS) is 30.1. The van der Waals surface area contributed by atoms with Crippen molar-refractivity contribution in [3.8, 4) is 0 Å². The summed E-state index contributed by atoms with van der Waals surface area (Å²) in [5, 5.41) is 3.34. The number of hydrogen-bond donors (Lipinski definition) is 1. The van der Waals surface area contributed by atoms with E-state index in [0.29, 0.717) is 6.04 Å². The quantitative estimate of drug-likeness (QED) is 0.551. The van der Waals surface area contributed by atoms with E-state index in [9.17, 15) is 4.79 Å². The Morgan fingerprint density at radius 2 is 2.27 bits per heavy atom. The minimum Gasteiger partial charge on any atom is -0.337 e. The molecule has 1 unspecified atom stereocenters. The molecule has 0 aromatic heterocycles. The Hall–Kier alpha value is -0.570. The Labute approximate surface area is 67.8 Å². The summed E-state index contributed by atoms with van der Waals surface area (Å²) in [6.07, 6.45) is 0.942. The van der Waals surface area contributed by atoms with E-state index in [1.807, 2.05) is 4.90 Å².